The van der Waals surface area contributed by atoms with E-state index in [2.05, 4.69) is 14.2 Å². The van der Waals surface area contributed by atoms with Crippen molar-refractivity contribution in [3.8, 4) is 0 Å². The molecule has 0 atom stereocenters. The summed E-state index contributed by atoms with van der Waals surface area (Å²) in [5, 5.41) is 0. The van der Waals surface area contributed by atoms with Crippen molar-refractivity contribution in [3.05, 3.63) is 12.2 Å². The van der Waals surface area contributed by atoms with Gasteiger partial charge in [-0.15, -0.1) is 0 Å². The monoisotopic (exact) mass is 150 g/mol. The lowest BCUT2D eigenvalue weighted by atomic mass is 10.9. The fourth-order valence-electron chi connectivity index (χ4n) is 0.276. The Morgan fingerprint density at radius 3 is 1.67 bits per heavy atom. The van der Waals surface area contributed by atoms with Crippen LogP contribution in [0.1, 0.15) is 0 Å². The molecule has 0 aromatic heterocycles. The minimum Gasteiger partial charge on any atom is -0.497 e. The fraction of sp³-hybridized carbons (Fsp3) is 0.600. The summed E-state index contributed by atoms with van der Waals surface area (Å²) < 4.78 is 13.9. The van der Waals surface area contributed by atoms with Crippen molar-refractivity contribution >= 4 is 11.0 Å². The van der Waals surface area contributed by atoms with Crippen molar-refractivity contribution < 1.29 is 14.2 Å². The maximum Gasteiger partial charge on any atom is 0.314 e. The van der Waals surface area contributed by atoms with Crippen molar-refractivity contribution in [2.45, 2.75) is 0 Å². The molecule has 0 aromatic carbocycles. The second kappa shape index (κ2) is 7.36. The zero-order chi connectivity index (χ0) is 6.41. The molecule has 0 saturated carbocycles. The van der Waals surface area contributed by atoms with Gasteiger partial charge in [-0.05, 0) is 11.0 Å². The van der Waals surface area contributed by atoms with Crippen LogP contribution in [0.15, 0.2) is 12.2 Å². The van der Waals surface area contributed by atoms with Gasteiger partial charge in [0, 0.05) is 0 Å². The Morgan fingerprint density at radius 1 is 1.11 bits per heavy atom. The summed E-state index contributed by atoms with van der Waals surface area (Å²) in [6.07, 6.45) is 1.38. The van der Waals surface area contributed by atoms with Gasteiger partial charge in [-0.2, -0.15) is 0 Å². The number of rotatable bonds is 3. The first-order chi connectivity index (χ1) is 3.85. The van der Waals surface area contributed by atoms with Crippen LogP contribution in [0.3, 0.4) is 0 Å². The van der Waals surface area contributed by atoms with Crippen LogP contribution in [-0.4, -0.2) is 32.3 Å². The normalized spacial score (nSPS) is 6.56. The second-order valence-corrected chi connectivity index (χ2v) is 1.08. The van der Waals surface area contributed by atoms with Crippen LogP contribution in [0, 0.1) is 0 Å². The maximum atomic E-state index is 4.65. The molecule has 4 heteroatoms. The average molecular weight is 150 g/mol. The van der Waals surface area contributed by atoms with Crippen LogP contribution >= 0.6 is 0 Å². The number of hydrogen-bond acceptors (Lipinski definition) is 3. The lowest BCUT2D eigenvalue weighted by molar-refractivity contribution is 0.0797. The van der Waals surface area contributed by atoms with Crippen molar-refractivity contribution in [3.63, 3.8) is 0 Å². The molecule has 0 fully saturated rings. The molecule has 0 N–H and O–H groups in total. The predicted molar refractivity (Wildman–Crippen MR) is 40.4 cm³/mol. The van der Waals surface area contributed by atoms with E-state index >= 15 is 0 Å². The standard InChI is InChI=1S/C5H10O3.H4Si/c1-6-4-5(7-2)8-3;/h4H,1-3H3;1H4. The van der Waals surface area contributed by atoms with E-state index in [9.17, 15) is 0 Å². The highest BCUT2D eigenvalue weighted by Crippen LogP contribution is 1.93. The summed E-state index contributed by atoms with van der Waals surface area (Å²) in [5.41, 5.74) is 0. The highest BCUT2D eigenvalue weighted by Gasteiger charge is 1.87. The zero-order valence-corrected chi connectivity index (χ0v) is 5.30. The van der Waals surface area contributed by atoms with E-state index in [0.717, 1.165) is 0 Å². The first kappa shape index (κ1) is 11.2. The van der Waals surface area contributed by atoms with Gasteiger partial charge in [-0.1, -0.05) is 0 Å². The van der Waals surface area contributed by atoms with Gasteiger partial charge in [-0.25, -0.2) is 0 Å². The quantitative estimate of drug-likeness (QED) is 0.392. The molecular weight excluding hydrogens is 136 g/mol. The molecule has 0 aliphatic rings. The van der Waals surface area contributed by atoms with Crippen LogP contribution in [-0.2, 0) is 14.2 Å². The molecule has 0 aliphatic carbocycles. The number of methoxy groups -OCH3 is 3. The zero-order valence-electron chi connectivity index (χ0n) is 5.30. The Morgan fingerprint density at radius 2 is 1.56 bits per heavy atom. The van der Waals surface area contributed by atoms with Crippen molar-refractivity contribution in [1.29, 1.82) is 0 Å². The number of ether oxygens (including phenoxy) is 3. The molecule has 0 bridgehead atoms. The van der Waals surface area contributed by atoms with Gasteiger partial charge in [0.25, 0.3) is 0 Å². The molecule has 0 aromatic rings. The Hall–Kier alpha value is -0.643. The van der Waals surface area contributed by atoms with Crippen LogP contribution in [0.4, 0.5) is 0 Å². The van der Waals surface area contributed by atoms with Crippen molar-refractivity contribution in [1.82, 2.24) is 0 Å². The molecule has 0 aliphatic heterocycles. The van der Waals surface area contributed by atoms with Gasteiger partial charge in [0.1, 0.15) is 0 Å². The molecule has 0 amide bonds. The third-order valence-electron chi connectivity index (χ3n) is 0.616. The van der Waals surface area contributed by atoms with E-state index in [-0.39, 0.29) is 11.0 Å². The molecule has 0 saturated heterocycles. The summed E-state index contributed by atoms with van der Waals surface area (Å²) in [6.45, 7) is 0. The highest BCUT2D eigenvalue weighted by molar-refractivity contribution is 5.75. The van der Waals surface area contributed by atoms with E-state index < -0.39 is 0 Å². The Balaban J connectivity index is 0. The minimum absolute atomic E-state index is 0. The van der Waals surface area contributed by atoms with Crippen LogP contribution in [0.5, 0.6) is 0 Å². The first-order valence-electron chi connectivity index (χ1n) is 2.16. The van der Waals surface area contributed by atoms with Gasteiger partial charge in [-0.3, -0.25) is 0 Å². The van der Waals surface area contributed by atoms with E-state index in [1.165, 1.54) is 27.6 Å². The fourth-order valence-corrected chi connectivity index (χ4v) is 0.276. The first-order valence-corrected chi connectivity index (χ1v) is 2.16. The summed E-state index contributed by atoms with van der Waals surface area (Å²) in [6, 6.07) is 0. The molecule has 3 nitrogen and oxygen atoms in total. The third-order valence-corrected chi connectivity index (χ3v) is 0.616. The van der Waals surface area contributed by atoms with Crippen LogP contribution in [0.25, 0.3) is 0 Å². The molecule has 0 unspecified atom stereocenters. The topological polar surface area (TPSA) is 27.7 Å². The van der Waals surface area contributed by atoms with E-state index in [1.54, 1.807) is 0 Å². The van der Waals surface area contributed by atoms with Gasteiger partial charge < -0.3 is 14.2 Å². The highest BCUT2D eigenvalue weighted by atomic mass is 28.1. The van der Waals surface area contributed by atoms with Crippen molar-refractivity contribution in [2.75, 3.05) is 21.3 Å². The largest absolute Gasteiger partial charge is 0.497 e. The summed E-state index contributed by atoms with van der Waals surface area (Å²) >= 11 is 0. The van der Waals surface area contributed by atoms with E-state index in [4.69, 9.17) is 0 Å². The third kappa shape index (κ3) is 5.22. The Labute approximate surface area is 59.6 Å². The summed E-state index contributed by atoms with van der Waals surface area (Å²) in [5.74, 6) is 0.368. The summed E-state index contributed by atoms with van der Waals surface area (Å²) in [7, 11) is 4.54. The molecule has 56 valence electrons. The summed E-state index contributed by atoms with van der Waals surface area (Å²) in [4.78, 5) is 0. The SMILES string of the molecule is COC=C(OC)OC.[SiH4]. The maximum absolute atomic E-state index is 4.65. The molecule has 9 heavy (non-hydrogen) atoms. The molecule has 0 radical (unpaired) electrons. The van der Waals surface area contributed by atoms with Gasteiger partial charge in [0.15, 0.2) is 6.26 Å². The van der Waals surface area contributed by atoms with Gasteiger partial charge in [0.2, 0.25) is 0 Å². The minimum atomic E-state index is 0. The lowest BCUT2D eigenvalue weighted by Gasteiger charge is -2.00. The van der Waals surface area contributed by atoms with E-state index in [1.807, 2.05) is 0 Å². The predicted octanol–water partition coefficient (Wildman–Crippen LogP) is -0.727. The van der Waals surface area contributed by atoms with Gasteiger partial charge in [0.05, 0.1) is 21.3 Å². The van der Waals surface area contributed by atoms with Gasteiger partial charge >= 0.3 is 5.95 Å². The smallest absolute Gasteiger partial charge is 0.314 e. The second-order valence-electron chi connectivity index (χ2n) is 1.08. The molecular formula is C5H14O3Si. The van der Waals surface area contributed by atoms with Crippen LogP contribution < -0.4 is 0 Å². The lowest BCUT2D eigenvalue weighted by Crippen LogP contribution is -1.89. The molecule has 0 rings (SSSR count). The Bertz CT molecular complexity index is 76.3. The molecule has 0 heterocycles. The van der Waals surface area contributed by atoms with Crippen LogP contribution in [0.2, 0.25) is 0 Å². The Kier molecular flexibility index (Phi) is 9.15. The van der Waals surface area contributed by atoms with E-state index in [0.29, 0.717) is 5.95 Å². The molecule has 0 spiro atoms. The van der Waals surface area contributed by atoms with Crippen molar-refractivity contribution in [2.24, 2.45) is 0 Å². The average Bonchev–Trinajstić information content (AvgIpc) is 1.83. The number of hydrogen-bond donors (Lipinski definition) is 0.